The van der Waals surface area contributed by atoms with Crippen molar-refractivity contribution < 1.29 is 4.79 Å². The van der Waals surface area contributed by atoms with Crippen molar-refractivity contribution in [2.45, 2.75) is 45.6 Å². The number of hydrogen-bond donors (Lipinski definition) is 1. The van der Waals surface area contributed by atoms with Gasteiger partial charge in [0, 0.05) is 24.7 Å². The fourth-order valence-electron chi connectivity index (χ4n) is 2.26. The van der Waals surface area contributed by atoms with Crippen LogP contribution in [-0.2, 0) is 10.2 Å². The van der Waals surface area contributed by atoms with Crippen LogP contribution in [0.15, 0.2) is 24.3 Å². The molecule has 0 bridgehead atoms. The minimum atomic E-state index is -0.596. The molecular weight excluding hydrogens is 319 g/mol. The molecule has 0 heterocycles. The number of rotatable bonds is 6. The van der Waals surface area contributed by atoms with E-state index in [2.05, 4.69) is 13.8 Å². The molecule has 0 saturated carbocycles. The molecule has 1 rings (SSSR count). The Kier molecular flexibility index (Phi) is 8.45. The first-order valence-electron chi connectivity index (χ1n) is 7.43. The Morgan fingerprint density at radius 1 is 1.36 bits per heavy atom. The molecule has 0 spiro atoms. The number of benzene rings is 1. The molecule has 0 aromatic heterocycles. The van der Waals surface area contributed by atoms with Crippen molar-refractivity contribution in [3.63, 3.8) is 0 Å². The molecule has 1 aromatic rings. The van der Waals surface area contributed by atoms with E-state index in [0.717, 1.165) is 12.0 Å². The van der Waals surface area contributed by atoms with Crippen molar-refractivity contribution >= 4 is 29.9 Å². The van der Waals surface area contributed by atoms with Gasteiger partial charge in [-0.3, -0.25) is 4.79 Å². The summed E-state index contributed by atoms with van der Waals surface area (Å²) in [7, 11) is 1.83. The van der Waals surface area contributed by atoms with Crippen LogP contribution < -0.4 is 5.73 Å². The average molecular weight is 347 g/mol. The first kappa shape index (κ1) is 21.2. The summed E-state index contributed by atoms with van der Waals surface area (Å²) < 4.78 is 0. The Bertz CT molecular complexity index is 489. The van der Waals surface area contributed by atoms with Gasteiger partial charge in [-0.15, -0.1) is 12.4 Å². The highest BCUT2D eigenvalue weighted by atomic mass is 35.5. The third-order valence-electron chi connectivity index (χ3n) is 4.08. The summed E-state index contributed by atoms with van der Waals surface area (Å²) in [6, 6.07) is 7.61. The number of carbonyl (C=O) groups is 1. The maximum absolute atomic E-state index is 12.7. The molecule has 1 aromatic carbocycles. The molecule has 0 aliphatic rings. The van der Waals surface area contributed by atoms with E-state index in [1.54, 1.807) is 4.90 Å². The normalized spacial score (nSPS) is 12.7. The van der Waals surface area contributed by atoms with Gasteiger partial charge in [0.2, 0.25) is 5.91 Å². The highest BCUT2D eigenvalue weighted by molar-refractivity contribution is 6.30. The molecule has 126 valence electrons. The van der Waals surface area contributed by atoms with Crippen molar-refractivity contribution in [2.75, 3.05) is 13.6 Å². The van der Waals surface area contributed by atoms with Crippen LogP contribution in [0.3, 0.4) is 0 Å². The second-order valence-corrected chi connectivity index (χ2v) is 7.00. The zero-order chi connectivity index (χ0) is 16.2. The van der Waals surface area contributed by atoms with Crippen LogP contribution in [0.5, 0.6) is 0 Å². The fourth-order valence-corrected chi connectivity index (χ4v) is 2.45. The van der Waals surface area contributed by atoms with Gasteiger partial charge in [0.1, 0.15) is 0 Å². The van der Waals surface area contributed by atoms with E-state index in [9.17, 15) is 4.79 Å². The molecule has 3 nitrogen and oxygen atoms in total. The summed E-state index contributed by atoms with van der Waals surface area (Å²) >= 11 is 6.03. The van der Waals surface area contributed by atoms with Crippen LogP contribution in [-0.4, -0.2) is 30.4 Å². The Morgan fingerprint density at radius 3 is 2.45 bits per heavy atom. The van der Waals surface area contributed by atoms with Gasteiger partial charge in [0.15, 0.2) is 0 Å². The van der Waals surface area contributed by atoms with Gasteiger partial charge in [-0.2, -0.15) is 0 Å². The lowest BCUT2D eigenvalue weighted by atomic mass is 9.83. The van der Waals surface area contributed by atoms with E-state index >= 15 is 0 Å². The van der Waals surface area contributed by atoms with Crippen LogP contribution >= 0.6 is 24.0 Å². The van der Waals surface area contributed by atoms with Crippen molar-refractivity contribution in [3.8, 4) is 0 Å². The van der Waals surface area contributed by atoms with Gasteiger partial charge in [-0.25, -0.2) is 0 Å². The largest absolute Gasteiger partial charge is 0.345 e. The molecule has 2 N–H and O–H groups in total. The van der Waals surface area contributed by atoms with Gasteiger partial charge in [-0.1, -0.05) is 37.6 Å². The fraction of sp³-hybridized carbons (Fsp3) is 0.588. The Hall–Kier alpha value is -0.770. The summed E-state index contributed by atoms with van der Waals surface area (Å²) in [4.78, 5) is 14.5. The number of amides is 1. The Labute approximate surface area is 145 Å². The highest BCUT2D eigenvalue weighted by Crippen LogP contribution is 2.27. The van der Waals surface area contributed by atoms with Gasteiger partial charge >= 0.3 is 0 Å². The number of nitrogens with two attached hydrogens (primary N) is 1. The molecule has 0 saturated heterocycles. The number of nitrogens with zero attached hydrogens (tertiary/aromatic N) is 1. The lowest BCUT2D eigenvalue weighted by Gasteiger charge is -2.31. The van der Waals surface area contributed by atoms with Crippen LogP contribution in [0.25, 0.3) is 0 Å². The Morgan fingerprint density at radius 2 is 1.95 bits per heavy atom. The van der Waals surface area contributed by atoms with E-state index in [0.29, 0.717) is 17.5 Å². The molecule has 0 fully saturated rings. The quantitative estimate of drug-likeness (QED) is 0.849. The molecule has 1 unspecified atom stereocenters. The molecule has 5 heteroatoms. The van der Waals surface area contributed by atoms with Crippen molar-refractivity contribution in [3.05, 3.63) is 34.9 Å². The van der Waals surface area contributed by atoms with E-state index < -0.39 is 5.41 Å². The predicted molar refractivity (Wildman–Crippen MR) is 96.8 cm³/mol. The second-order valence-electron chi connectivity index (χ2n) is 6.56. The molecular formula is C17H28Cl2N2O. The average Bonchev–Trinajstić information content (AvgIpc) is 2.43. The molecule has 0 aliphatic carbocycles. The number of hydrogen-bond acceptors (Lipinski definition) is 2. The number of likely N-dealkylation sites (N-methyl/N-ethyl adjacent to an activating group) is 1. The predicted octanol–water partition coefficient (Wildman–Crippen LogP) is 3.87. The summed E-state index contributed by atoms with van der Waals surface area (Å²) in [6.45, 7) is 8.73. The summed E-state index contributed by atoms with van der Waals surface area (Å²) in [6.07, 6.45) is 0.811. The minimum absolute atomic E-state index is 0. The Balaban J connectivity index is 0.00000441. The van der Waals surface area contributed by atoms with Gasteiger partial charge in [-0.05, 0) is 43.9 Å². The zero-order valence-electron chi connectivity index (χ0n) is 14.1. The van der Waals surface area contributed by atoms with Crippen LogP contribution in [0.4, 0.5) is 0 Å². The first-order chi connectivity index (χ1) is 9.66. The smallest absolute Gasteiger partial charge is 0.232 e. The second kappa shape index (κ2) is 8.76. The highest BCUT2D eigenvalue weighted by Gasteiger charge is 2.32. The zero-order valence-corrected chi connectivity index (χ0v) is 15.7. The number of halogens is 2. The van der Waals surface area contributed by atoms with Gasteiger partial charge < -0.3 is 10.6 Å². The standard InChI is InChI=1S/C17H27ClN2O.ClH/c1-12(2)15(19)9-10-20(5)16(21)17(3,4)13-7-6-8-14(18)11-13;/h6-8,11-12,15H,9-10,19H2,1-5H3;1H. The first-order valence-corrected chi connectivity index (χ1v) is 7.81. The van der Waals surface area contributed by atoms with Crippen LogP contribution in [0, 0.1) is 5.92 Å². The van der Waals surface area contributed by atoms with E-state index in [1.165, 1.54) is 0 Å². The van der Waals surface area contributed by atoms with E-state index in [1.807, 2.05) is 45.2 Å². The third kappa shape index (κ3) is 5.45. The lowest BCUT2D eigenvalue weighted by molar-refractivity contribution is -0.135. The van der Waals surface area contributed by atoms with E-state index in [-0.39, 0.29) is 24.4 Å². The summed E-state index contributed by atoms with van der Waals surface area (Å²) in [5.74, 6) is 0.509. The summed E-state index contributed by atoms with van der Waals surface area (Å²) in [5, 5.41) is 0.651. The molecule has 0 radical (unpaired) electrons. The molecule has 0 aliphatic heterocycles. The van der Waals surface area contributed by atoms with Gasteiger partial charge in [0.25, 0.3) is 0 Å². The molecule has 1 amide bonds. The van der Waals surface area contributed by atoms with Crippen molar-refractivity contribution in [2.24, 2.45) is 11.7 Å². The van der Waals surface area contributed by atoms with Crippen molar-refractivity contribution in [1.82, 2.24) is 4.90 Å². The topological polar surface area (TPSA) is 46.3 Å². The van der Waals surface area contributed by atoms with Crippen molar-refractivity contribution in [1.29, 1.82) is 0 Å². The molecule has 1 atom stereocenters. The maximum atomic E-state index is 12.7. The number of carbonyl (C=O) groups excluding carboxylic acids is 1. The van der Waals surface area contributed by atoms with Gasteiger partial charge in [0.05, 0.1) is 5.41 Å². The SMILES string of the molecule is CC(C)C(N)CCN(C)C(=O)C(C)(C)c1cccc(Cl)c1.Cl. The minimum Gasteiger partial charge on any atom is -0.345 e. The van der Waals surface area contributed by atoms with E-state index in [4.69, 9.17) is 17.3 Å². The summed E-state index contributed by atoms with van der Waals surface area (Å²) in [5.41, 5.74) is 6.38. The lowest BCUT2D eigenvalue weighted by Crippen LogP contribution is -2.43. The van der Waals surface area contributed by atoms with Crippen LogP contribution in [0.1, 0.15) is 39.7 Å². The maximum Gasteiger partial charge on any atom is 0.232 e. The van der Waals surface area contributed by atoms with Crippen LogP contribution in [0.2, 0.25) is 5.02 Å². The monoisotopic (exact) mass is 346 g/mol. The third-order valence-corrected chi connectivity index (χ3v) is 4.32. The molecule has 22 heavy (non-hydrogen) atoms.